The van der Waals surface area contributed by atoms with E-state index in [9.17, 15) is 9.59 Å². The second-order valence-electron chi connectivity index (χ2n) is 5.30. The highest BCUT2D eigenvalue weighted by Crippen LogP contribution is 2.35. The van der Waals surface area contributed by atoms with Gasteiger partial charge in [0.1, 0.15) is 10.9 Å². The summed E-state index contributed by atoms with van der Waals surface area (Å²) in [5.74, 6) is 0.607. The Morgan fingerprint density at radius 1 is 1.41 bits per heavy atom. The summed E-state index contributed by atoms with van der Waals surface area (Å²) in [6.45, 7) is 2.44. The molecule has 2 unspecified atom stereocenters. The van der Waals surface area contributed by atoms with Gasteiger partial charge in [-0.05, 0) is 19.1 Å². The Labute approximate surface area is 132 Å². The number of carbonyl (C=O) groups is 1. The number of nitrogens with one attached hydrogen (secondary N) is 2. The van der Waals surface area contributed by atoms with Gasteiger partial charge < -0.3 is 15.0 Å². The van der Waals surface area contributed by atoms with Crippen LogP contribution in [0.15, 0.2) is 41.2 Å². The third kappa shape index (κ3) is 2.85. The van der Waals surface area contributed by atoms with Gasteiger partial charge in [0.15, 0.2) is 0 Å². The molecule has 2 heterocycles. The van der Waals surface area contributed by atoms with E-state index in [-0.39, 0.29) is 28.6 Å². The number of rotatable bonds is 3. The molecule has 5 nitrogen and oxygen atoms in total. The molecule has 2 N–H and O–H groups in total. The maximum Gasteiger partial charge on any atom is 0.251 e. The van der Waals surface area contributed by atoms with E-state index in [0.717, 1.165) is 11.3 Å². The number of halogens is 1. The molecule has 114 valence electrons. The van der Waals surface area contributed by atoms with Crippen molar-refractivity contribution < 1.29 is 9.53 Å². The minimum absolute atomic E-state index is 0.0811. The highest BCUT2D eigenvalue weighted by atomic mass is 35.5. The van der Waals surface area contributed by atoms with E-state index >= 15 is 0 Å². The molecule has 1 amide bonds. The third-order valence-electron chi connectivity index (χ3n) is 3.77. The van der Waals surface area contributed by atoms with Crippen LogP contribution < -0.4 is 15.6 Å². The summed E-state index contributed by atoms with van der Waals surface area (Å²) >= 11 is 5.77. The van der Waals surface area contributed by atoms with Crippen LogP contribution in [0.4, 0.5) is 0 Å². The molecule has 0 fully saturated rings. The maximum absolute atomic E-state index is 12.3. The van der Waals surface area contributed by atoms with Crippen molar-refractivity contribution in [3.05, 3.63) is 63.0 Å². The molecule has 2 aromatic rings. The van der Waals surface area contributed by atoms with E-state index in [1.807, 2.05) is 31.2 Å². The van der Waals surface area contributed by atoms with E-state index in [1.165, 1.54) is 12.1 Å². The topological polar surface area (TPSA) is 71.2 Å². The van der Waals surface area contributed by atoms with Gasteiger partial charge in [-0.3, -0.25) is 9.59 Å². The molecule has 6 heteroatoms. The number of hydrogen-bond donors (Lipinski definition) is 2. The van der Waals surface area contributed by atoms with Gasteiger partial charge in [0.25, 0.3) is 5.91 Å². The quantitative estimate of drug-likeness (QED) is 0.853. The fourth-order valence-electron chi connectivity index (χ4n) is 2.63. The smallest absolute Gasteiger partial charge is 0.251 e. The summed E-state index contributed by atoms with van der Waals surface area (Å²) in [4.78, 5) is 26.0. The second kappa shape index (κ2) is 5.85. The number of benzene rings is 1. The van der Waals surface area contributed by atoms with Crippen LogP contribution in [-0.2, 0) is 0 Å². The number of hydrogen-bond acceptors (Lipinski definition) is 3. The van der Waals surface area contributed by atoms with E-state index in [1.54, 1.807) is 0 Å². The van der Waals surface area contributed by atoms with Crippen LogP contribution in [-0.4, -0.2) is 23.5 Å². The Morgan fingerprint density at radius 3 is 2.95 bits per heavy atom. The lowest BCUT2D eigenvalue weighted by Crippen LogP contribution is -2.38. The Balaban J connectivity index is 1.76. The molecule has 0 radical (unpaired) electrons. The van der Waals surface area contributed by atoms with Crippen LogP contribution in [0.5, 0.6) is 5.75 Å². The van der Waals surface area contributed by atoms with Gasteiger partial charge in [0.05, 0.1) is 6.61 Å². The third-order valence-corrected chi connectivity index (χ3v) is 3.98. The summed E-state index contributed by atoms with van der Waals surface area (Å²) in [6, 6.07) is 10.3. The van der Waals surface area contributed by atoms with Crippen LogP contribution in [0, 0.1) is 0 Å². The number of aromatic nitrogens is 1. The van der Waals surface area contributed by atoms with Crippen molar-refractivity contribution in [1.29, 1.82) is 0 Å². The molecule has 2 atom stereocenters. The lowest BCUT2D eigenvalue weighted by molar-refractivity contribution is 0.0932. The number of aromatic amines is 1. The summed E-state index contributed by atoms with van der Waals surface area (Å²) in [6.07, 6.45) is 0. The van der Waals surface area contributed by atoms with Gasteiger partial charge in [-0.1, -0.05) is 29.8 Å². The van der Waals surface area contributed by atoms with Gasteiger partial charge in [0, 0.05) is 29.2 Å². The average molecular weight is 319 g/mol. The van der Waals surface area contributed by atoms with Crippen molar-refractivity contribution in [3.63, 3.8) is 0 Å². The summed E-state index contributed by atoms with van der Waals surface area (Å²) < 4.78 is 5.63. The van der Waals surface area contributed by atoms with Gasteiger partial charge in [-0.25, -0.2) is 0 Å². The van der Waals surface area contributed by atoms with Crippen LogP contribution in [0.3, 0.4) is 0 Å². The van der Waals surface area contributed by atoms with E-state index < -0.39 is 5.56 Å². The Morgan fingerprint density at radius 2 is 2.18 bits per heavy atom. The normalized spacial score (nSPS) is 17.5. The molecule has 0 aliphatic carbocycles. The molecule has 1 aromatic heterocycles. The van der Waals surface area contributed by atoms with Crippen molar-refractivity contribution in [2.24, 2.45) is 0 Å². The molecule has 3 rings (SSSR count). The average Bonchev–Trinajstić information content (AvgIpc) is 2.90. The summed E-state index contributed by atoms with van der Waals surface area (Å²) in [5, 5.41) is 3.04. The fourth-order valence-corrected chi connectivity index (χ4v) is 2.84. The zero-order valence-electron chi connectivity index (χ0n) is 11.9. The number of amides is 1. The molecular weight excluding hydrogens is 304 g/mol. The van der Waals surface area contributed by atoms with Gasteiger partial charge in [-0.15, -0.1) is 0 Å². The van der Waals surface area contributed by atoms with E-state index in [0.29, 0.717) is 6.61 Å². The molecule has 1 aromatic carbocycles. The maximum atomic E-state index is 12.3. The number of ether oxygens (including phenoxy) is 1. The van der Waals surface area contributed by atoms with Gasteiger partial charge in [-0.2, -0.15) is 0 Å². The van der Waals surface area contributed by atoms with Crippen molar-refractivity contribution in [2.75, 3.05) is 6.61 Å². The molecule has 0 bridgehead atoms. The number of pyridine rings is 1. The van der Waals surface area contributed by atoms with Crippen LogP contribution in [0.2, 0.25) is 5.15 Å². The Bertz CT molecular complexity index is 772. The first-order valence-corrected chi connectivity index (χ1v) is 7.35. The standard InChI is InChI=1S/C16H15ClN2O3/c1-9(12-8-22-13-5-3-2-4-11(12)13)18-16(21)10-6-14(17)19-15(20)7-10/h2-7,9,12H,8H2,1H3,(H,18,21)(H,19,20). The highest BCUT2D eigenvalue weighted by molar-refractivity contribution is 6.29. The molecule has 1 aliphatic rings. The van der Waals surface area contributed by atoms with Gasteiger partial charge >= 0.3 is 0 Å². The molecule has 0 saturated carbocycles. The van der Waals surface area contributed by atoms with Crippen molar-refractivity contribution >= 4 is 17.5 Å². The monoisotopic (exact) mass is 318 g/mol. The SMILES string of the molecule is CC(NC(=O)c1cc(Cl)[nH]c(=O)c1)C1COc2ccccc21. The predicted molar refractivity (Wildman–Crippen MR) is 83.7 cm³/mol. The minimum Gasteiger partial charge on any atom is -0.493 e. The van der Waals surface area contributed by atoms with E-state index in [2.05, 4.69) is 10.3 Å². The number of para-hydroxylation sites is 1. The second-order valence-corrected chi connectivity index (χ2v) is 5.71. The van der Waals surface area contributed by atoms with Gasteiger partial charge in [0.2, 0.25) is 5.56 Å². The molecule has 0 saturated heterocycles. The molecule has 22 heavy (non-hydrogen) atoms. The lowest BCUT2D eigenvalue weighted by Gasteiger charge is -2.20. The van der Waals surface area contributed by atoms with Crippen LogP contribution >= 0.6 is 11.6 Å². The fraction of sp³-hybridized carbons (Fsp3) is 0.250. The molecule has 1 aliphatic heterocycles. The molecule has 0 spiro atoms. The minimum atomic E-state index is -0.403. The van der Waals surface area contributed by atoms with Crippen molar-refractivity contribution in [3.8, 4) is 5.75 Å². The first-order valence-electron chi connectivity index (χ1n) is 6.97. The Hall–Kier alpha value is -2.27. The van der Waals surface area contributed by atoms with Crippen molar-refractivity contribution in [2.45, 2.75) is 18.9 Å². The zero-order chi connectivity index (χ0) is 15.7. The number of fused-ring (bicyclic) bond motifs is 1. The highest BCUT2D eigenvalue weighted by Gasteiger charge is 2.29. The zero-order valence-corrected chi connectivity index (χ0v) is 12.7. The Kier molecular flexibility index (Phi) is 3.90. The van der Waals surface area contributed by atoms with Crippen LogP contribution in [0.1, 0.15) is 28.8 Å². The largest absolute Gasteiger partial charge is 0.493 e. The lowest BCUT2D eigenvalue weighted by atomic mass is 9.94. The predicted octanol–water partition coefficient (Wildman–Crippen LogP) is 2.32. The van der Waals surface area contributed by atoms with Crippen LogP contribution in [0.25, 0.3) is 0 Å². The summed E-state index contributed by atoms with van der Waals surface area (Å²) in [5.41, 5.74) is 0.923. The summed E-state index contributed by atoms with van der Waals surface area (Å²) in [7, 11) is 0. The molecular formula is C16H15ClN2O3. The number of carbonyl (C=O) groups excluding carboxylic acids is 1. The van der Waals surface area contributed by atoms with Crippen molar-refractivity contribution in [1.82, 2.24) is 10.3 Å². The first-order chi connectivity index (χ1) is 10.5. The number of H-pyrrole nitrogens is 1. The van der Waals surface area contributed by atoms with E-state index in [4.69, 9.17) is 16.3 Å². The first kappa shape index (κ1) is 14.7.